The molecule has 0 bridgehead atoms. The highest BCUT2D eigenvalue weighted by Crippen LogP contribution is 2.18. The minimum Gasteiger partial charge on any atom is -0.353 e. The molecule has 0 radical (unpaired) electrons. The predicted octanol–water partition coefficient (Wildman–Crippen LogP) is 3.18. The zero-order valence-electron chi connectivity index (χ0n) is 15.5. The van der Waals surface area contributed by atoms with E-state index in [9.17, 15) is 4.79 Å². The van der Waals surface area contributed by atoms with Gasteiger partial charge in [-0.1, -0.05) is 26.0 Å². The van der Waals surface area contributed by atoms with Crippen molar-refractivity contribution in [1.82, 2.24) is 14.9 Å². The molecule has 1 aliphatic heterocycles. The second kappa shape index (κ2) is 7.21. The summed E-state index contributed by atoms with van der Waals surface area (Å²) in [6.45, 7) is 11.2. The number of benzene rings is 1. The Bertz CT molecular complexity index is 727. The zero-order chi connectivity index (χ0) is 18.0. The van der Waals surface area contributed by atoms with Gasteiger partial charge in [0.05, 0.1) is 0 Å². The highest BCUT2D eigenvalue weighted by molar-refractivity contribution is 5.94. The fourth-order valence-electron chi connectivity index (χ4n) is 3.19. The van der Waals surface area contributed by atoms with E-state index >= 15 is 0 Å². The van der Waals surface area contributed by atoms with E-state index in [0.717, 1.165) is 36.0 Å². The molecule has 0 spiro atoms. The number of nitrogens with zero attached hydrogens (tertiary/aromatic N) is 4. The number of rotatable bonds is 3. The van der Waals surface area contributed by atoms with Gasteiger partial charge in [0.2, 0.25) is 0 Å². The summed E-state index contributed by atoms with van der Waals surface area (Å²) in [4.78, 5) is 25.7. The second-order valence-electron chi connectivity index (χ2n) is 6.97. The van der Waals surface area contributed by atoms with E-state index in [1.165, 1.54) is 5.56 Å². The number of aryl methyl sites for hydroxylation is 2. The maximum Gasteiger partial charge on any atom is 0.253 e. The van der Waals surface area contributed by atoms with Crippen LogP contribution in [-0.4, -0.2) is 47.0 Å². The molecule has 0 saturated carbocycles. The highest BCUT2D eigenvalue weighted by Gasteiger charge is 2.23. The van der Waals surface area contributed by atoms with Gasteiger partial charge < -0.3 is 9.80 Å². The van der Waals surface area contributed by atoms with Crippen molar-refractivity contribution in [2.24, 2.45) is 0 Å². The number of carbonyl (C=O) groups excluding carboxylic acids is 1. The summed E-state index contributed by atoms with van der Waals surface area (Å²) in [5.41, 5.74) is 3.01. The largest absolute Gasteiger partial charge is 0.353 e. The van der Waals surface area contributed by atoms with Gasteiger partial charge in [-0.05, 0) is 37.5 Å². The summed E-state index contributed by atoms with van der Waals surface area (Å²) in [7, 11) is 0. The molecule has 2 heterocycles. The first-order chi connectivity index (χ1) is 11.9. The van der Waals surface area contributed by atoms with E-state index < -0.39 is 0 Å². The number of carbonyl (C=O) groups is 1. The maximum absolute atomic E-state index is 12.7. The molecule has 0 N–H and O–H groups in total. The molecule has 25 heavy (non-hydrogen) atoms. The zero-order valence-corrected chi connectivity index (χ0v) is 15.5. The van der Waals surface area contributed by atoms with Gasteiger partial charge in [0.25, 0.3) is 5.91 Å². The van der Waals surface area contributed by atoms with Crippen LogP contribution in [0, 0.1) is 13.8 Å². The molecule has 132 valence electrons. The monoisotopic (exact) mass is 338 g/mol. The summed E-state index contributed by atoms with van der Waals surface area (Å²) in [5.74, 6) is 2.34. The molecule has 1 aromatic carbocycles. The lowest BCUT2D eigenvalue weighted by atomic mass is 10.0. The minimum atomic E-state index is 0.116. The lowest BCUT2D eigenvalue weighted by molar-refractivity contribution is 0.0746. The van der Waals surface area contributed by atoms with Crippen LogP contribution in [0.2, 0.25) is 0 Å². The van der Waals surface area contributed by atoms with Gasteiger partial charge in [0.1, 0.15) is 11.6 Å². The van der Waals surface area contributed by atoms with E-state index in [2.05, 4.69) is 40.8 Å². The van der Waals surface area contributed by atoms with Gasteiger partial charge in [-0.3, -0.25) is 4.79 Å². The number of hydrogen-bond donors (Lipinski definition) is 0. The molecular formula is C20H26N4O. The van der Waals surface area contributed by atoms with Gasteiger partial charge in [-0.15, -0.1) is 0 Å². The number of aromatic nitrogens is 2. The van der Waals surface area contributed by atoms with Crippen LogP contribution in [0.4, 0.5) is 5.82 Å². The van der Waals surface area contributed by atoms with Crippen molar-refractivity contribution in [2.45, 2.75) is 33.6 Å². The molecule has 3 rings (SSSR count). The summed E-state index contributed by atoms with van der Waals surface area (Å²) < 4.78 is 0. The summed E-state index contributed by atoms with van der Waals surface area (Å²) in [6.07, 6.45) is 0. The molecule has 2 aromatic rings. The lowest BCUT2D eigenvalue weighted by Gasteiger charge is -2.35. The average Bonchev–Trinajstić information content (AvgIpc) is 2.60. The Labute approximate surface area is 149 Å². The van der Waals surface area contributed by atoms with Crippen LogP contribution < -0.4 is 4.90 Å². The third-order valence-corrected chi connectivity index (χ3v) is 4.67. The van der Waals surface area contributed by atoms with Crippen LogP contribution in [0.5, 0.6) is 0 Å². The Balaban J connectivity index is 1.64. The molecule has 1 saturated heterocycles. The first-order valence-corrected chi connectivity index (χ1v) is 8.90. The van der Waals surface area contributed by atoms with Gasteiger partial charge in [-0.25, -0.2) is 9.97 Å². The van der Waals surface area contributed by atoms with Gasteiger partial charge in [0, 0.05) is 43.5 Å². The van der Waals surface area contributed by atoms with Crippen molar-refractivity contribution in [2.75, 3.05) is 31.1 Å². The lowest BCUT2D eigenvalue weighted by Crippen LogP contribution is -2.49. The van der Waals surface area contributed by atoms with Crippen LogP contribution in [0.25, 0.3) is 0 Å². The molecule has 5 heteroatoms. The summed E-state index contributed by atoms with van der Waals surface area (Å²) in [5, 5.41) is 0. The molecule has 1 amide bonds. The fourth-order valence-corrected chi connectivity index (χ4v) is 3.19. The molecule has 5 nitrogen and oxygen atoms in total. The standard InChI is InChI=1S/C20H26N4O/c1-14(2)17-5-7-18(8-6-17)20(25)24-11-9-23(10-12-24)19-13-15(3)21-16(4)22-19/h5-8,13-14H,9-12H2,1-4H3. The van der Waals surface area contributed by atoms with Crippen molar-refractivity contribution in [3.63, 3.8) is 0 Å². The fraction of sp³-hybridized carbons (Fsp3) is 0.450. The Morgan fingerprint density at radius 3 is 2.20 bits per heavy atom. The maximum atomic E-state index is 12.7. The van der Waals surface area contributed by atoms with E-state index in [0.29, 0.717) is 19.0 Å². The Morgan fingerprint density at radius 2 is 1.64 bits per heavy atom. The number of amides is 1. The third kappa shape index (κ3) is 3.98. The van der Waals surface area contributed by atoms with Crippen LogP contribution in [-0.2, 0) is 0 Å². The normalized spacial score (nSPS) is 14.9. The topological polar surface area (TPSA) is 49.3 Å². The summed E-state index contributed by atoms with van der Waals surface area (Å²) in [6, 6.07) is 10.0. The second-order valence-corrected chi connectivity index (χ2v) is 6.97. The molecule has 1 fully saturated rings. The van der Waals surface area contributed by atoms with Crippen molar-refractivity contribution in [1.29, 1.82) is 0 Å². The predicted molar refractivity (Wildman–Crippen MR) is 100 cm³/mol. The van der Waals surface area contributed by atoms with E-state index in [-0.39, 0.29) is 5.91 Å². The quantitative estimate of drug-likeness (QED) is 0.862. The van der Waals surface area contributed by atoms with Crippen LogP contribution in [0.15, 0.2) is 30.3 Å². The molecular weight excluding hydrogens is 312 g/mol. The van der Waals surface area contributed by atoms with Crippen molar-refractivity contribution >= 4 is 11.7 Å². The van der Waals surface area contributed by atoms with Gasteiger partial charge >= 0.3 is 0 Å². The minimum absolute atomic E-state index is 0.116. The van der Waals surface area contributed by atoms with Crippen molar-refractivity contribution in [3.8, 4) is 0 Å². The average molecular weight is 338 g/mol. The smallest absolute Gasteiger partial charge is 0.253 e. The van der Waals surface area contributed by atoms with Gasteiger partial charge in [0.15, 0.2) is 0 Å². The SMILES string of the molecule is Cc1cc(N2CCN(C(=O)c3ccc(C(C)C)cc3)CC2)nc(C)n1. The van der Waals surface area contributed by atoms with E-state index in [1.807, 2.05) is 36.9 Å². The molecule has 0 aliphatic carbocycles. The summed E-state index contributed by atoms with van der Waals surface area (Å²) >= 11 is 0. The molecule has 0 atom stereocenters. The van der Waals surface area contributed by atoms with Crippen LogP contribution in [0.3, 0.4) is 0 Å². The number of piperazine rings is 1. The Hall–Kier alpha value is -2.43. The van der Waals surface area contributed by atoms with E-state index in [1.54, 1.807) is 0 Å². The number of anilines is 1. The third-order valence-electron chi connectivity index (χ3n) is 4.67. The Kier molecular flexibility index (Phi) is 5.02. The van der Waals surface area contributed by atoms with Crippen LogP contribution in [0.1, 0.15) is 47.2 Å². The molecule has 1 aromatic heterocycles. The first kappa shape index (κ1) is 17.4. The highest BCUT2D eigenvalue weighted by atomic mass is 16.2. The molecule has 1 aliphatic rings. The van der Waals surface area contributed by atoms with E-state index in [4.69, 9.17) is 0 Å². The van der Waals surface area contributed by atoms with Crippen molar-refractivity contribution < 1.29 is 4.79 Å². The number of hydrogen-bond acceptors (Lipinski definition) is 4. The van der Waals surface area contributed by atoms with Crippen molar-refractivity contribution in [3.05, 3.63) is 53.0 Å². The van der Waals surface area contributed by atoms with Crippen LogP contribution >= 0.6 is 0 Å². The Morgan fingerprint density at radius 1 is 1.00 bits per heavy atom. The first-order valence-electron chi connectivity index (χ1n) is 8.90. The molecule has 0 unspecified atom stereocenters. The van der Waals surface area contributed by atoms with Gasteiger partial charge in [-0.2, -0.15) is 0 Å².